The van der Waals surface area contributed by atoms with Gasteiger partial charge in [0.25, 0.3) is 0 Å². The van der Waals surface area contributed by atoms with Crippen molar-refractivity contribution in [1.82, 2.24) is 4.89 Å². The first-order chi connectivity index (χ1) is 2.50. The number of rotatable bonds is 0. The van der Waals surface area contributed by atoms with Crippen LogP contribution in [0, 0.1) is 0 Å². The van der Waals surface area contributed by atoms with Crippen LogP contribution in [-0.2, 0) is 4.84 Å². The zero-order valence-electron chi connectivity index (χ0n) is 2.34. The Hall–Kier alpha value is -0.220. The molecule has 0 aliphatic carbocycles. The molecule has 1 N–H and O–H groups in total. The van der Waals surface area contributed by atoms with E-state index in [9.17, 15) is 0 Å². The van der Waals surface area contributed by atoms with Crippen molar-refractivity contribution < 1.29 is 4.84 Å². The van der Waals surface area contributed by atoms with Crippen molar-refractivity contribution in [3.8, 4) is 0 Å². The summed E-state index contributed by atoms with van der Waals surface area (Å²) in [7, 11) is 0. The van der Waals surface area contributed by atoms with Crippen LogP contribution in [0.4, 0.5) is 0 Å². The van der Waals surface area contributed by atoms with Crippen molar-refractivity contribution in [2.45, 2.75) is 0 Å². The molecule has 0 amide bonds. The van der Waals surface area contributed by atoms with E-state index in [-0.39, 0.29) is 0 Å². The van der Waals surface area contributed by atoms with E-state index in [1.165, 1.54) is 18.5 Å². The van der Waals surface area contributed by atoms with Gasteiger partial charge in [0.1, 0.15) is 0 Å². The van der Waals surface area contributed by atoms with Gasteiger partial charge in [-0.1, -0.05) is 4.89 Å². The Labute approximate surface area is 33.6 Å². The minimum absolute atomic E-state index is 1.17. The molecule has 1 aliphatic heterocycles. The van der Waals surface area contributed by atoms with Gasteiger partial charge in [0.05, 0.1) is 12.1 Å². The highest BCUT2D eigenvalue weighted by molar-refractivity contribution is 7.96. The summed E-state index contributed by atoms with van der Waals surface area (Å²) in [5.74, 6) is 0. The SMILES string of the molecule is C1=NSNO1. The second-order valence-corrected chi connectivity index (χ2v) is 1.06. The minimum atomic E-state index is 1.17. The molecule has 0 saturated carbocycles. The Morgan fingerprint density at radius 1 is 2.00 bits per heavy atom. The number of hydrogen-bond donors (Lipinski definition) is 1. The van der Waals surface area contributed by atoms with Crippen LogP contribution >= 0.6 is 12.1 Å². The molecular formula is CH2N2OS. The summed E-state index contributed by atoms with van der Waals surface area (Å²) in [6.07, 6.45) is 1.34. The zero-order valence-corrected chi connectivity index (χ0v) is 3.16. The van der Waals surface area contributed by atoms with Crippen LogP contribution in [0.2, 0.25) is 0 Å². The fourth-order valence-electron chi connectivity index (χ4n) is 0.108. The van der Waals surface area contributed by atoms with Crippen molar-refractivity contribution in [1.29, 1.82) is 0 Å². The van der Waals surface area contributed by atoms with Crippen LogP contribution in [0.1, 0.15) is 0 Å². The third-order valence-electron chi connectivity index (χ3n) is 0.234. The van der Waals surface area contributed by atoms with E-state index in [1.54, 1.807) is 0 Å². The number of hydrogen-bond acceptors (Lipinski definition) is 4. The average Bonchev–Trinajstić information content (AvgIpc) is 1.76. The van der Waals surface area contributed by atoms with Gasteiger partial charge in [0.15, 0.2) is 0 Å². The molecule has 0 aromatic rings. The second-order valence-electron chi connectivity index (χ2n) is 0.503. The molecule has 1 heterocycles. The molecule has 0 aromatic carbocycles. The summed E-state index contributed by atoms with van der Waals surface area (Å²) in [6.45, 7) is 0. The maximum absolute atomic E-state index is 4.37. The summed E-state index contributed by atoms with van der Waals surface area (Å²) < 4.78 is 3.54. The minimum Gasteiger partial charge on any atom is -0.384 e. The molecule has 5 heavy (non-hydrogen) atoms. The Morgan fingerprint density at radius 2 is 3.00 bits per heavy atom. The topological polar surface area (TPSA) is 33.6 Å². The summed E-state index contributed by atoms with van der Waals surface area (Å²) in [5.41, 5.74) is 0. The standard InChI is InChI=1S/CH2N2OS/c1-2-5-3-4-1/h1,3H. The van der Waals surface area contributed by atoms with Gasteiger partial charge in [-0.3, -0.25) is 0 Å². The van der Waals surface area contributed by atoms with E-state index in [4.69, 9.17) is 0 Å². The molecule has 0 bridgehead atoms. The summed E-state index contributed by atoms with van der Waals surface area (Å²) in [6, 6.07) is 0. The van der Waals surface area contributed by atoms with Gasteiger partial charge in [-0.15, -0.1) is 0 Å². The van der Waals surface area contributed by atoms with Gasteiger partial charge in [0, 0.05) is 0 Å². The smallest absolute Gasteiger partial charge is 0.210 e. The lowest BCUT2D eigenvalue weighted by atomic mass is 11.6. The third-order valence-corrected chi connectivity index (χ3v) is 0.596. The van der Waals surface area contributed by atoms with Gasteiger partial charge in [0.2, 0.25) is 6.40 Å². The predicted molar refractivity (Wildman–Crippen MR) is 20.3 cm³/mol. The molecular weight excluding hydrogens is 88.1 g/mol. The molecule has 1 rings (SSSR count). The van der Waals surface area contributed by atoms with Crippen LogP contribution in [0.3, 0.4) is 0 Å². The fourth-order valence-corrected chi connectivity index (χ4v) is 0.323. The van der Waals surface area contributed by atoms with Crippen molar-refractivity contribution in [3.63, 3.8) is 0 Å². The molecule has 0 unspecified atom stereocenters. The maximum atomic E-state index is 4.37. The monoisotopic (exact) mass is 90.0 g/mol. The summed E-state index contributed by atoms with van der Waals surface area (Å²) in [5, 5.41) is 0. The molecule has 4 heteroatoms. The fraction of sp³-hybridized carbons (Fsp3) is 0. The molecule has 1 aliphatic rings. The third kappa shape index (κ3) is 0.524. The van der Waals surface area contributed by atoms with Crippen LogP contribution in [0.5, 0.6) is 0 Å². The molecule has 0 radical (unpaired) electrons. The van der Waals surface area contributed by atoms with Crippen LogP contribution in [-0.4, -0.2) is 6.40 Å². The average molecular weight is 90.1 g/mol. The largest absolute Gasteiger partial charge is 0.384 e. The van der Waals surface area contributed by atoms with Crippen LogP contribution < -0.4 is 4.89 Å². The number of nitrogens with zero attached hydrogens (tertiary/aromatic N) is 1. The molecule has 0 spiro atoms. The summed E-state index contributed by atoms with van der Waals surface area (Å²) in [4.78, 5) is 6.78. The molecule has 0 atom stereocenters. The van der Waals surface area contributed by atoms with Crippen molar-refractivity contribution in [3.05, 3.63) is 0 Å². The lowest BCUT2D eigenvalue weighted by Crippen LogP contribution is -1.91. The normalized spacial score (nSPS) is 19.2. The van der Waals surface area contributed by atoms with Crippen molar-refractivity contribution >= 4 is 18.5 Å². The van der Waals surface area contributed by atoms with Crippen molar-refractivity contribution in [2.24, 2.45) is 4.40 Å². The van der Waals surface area contributed by atoms with Gasteiger partial charge >= 0.3 is 0 Å². The molecule has 0 fully saturated rings. The number of nitrogens with one attached hydrogen (secondary N) is 1. The molecule has 28 valence electrons. The van der Waals surface area contributed by atoms with Crippen LogP contribution in [0.25, 0.3) is 0 Å². The summed E-state index contributed by atoms with van der Waals surface area (Å²) >= 11 is 1.17. The van der Waals surface area contributed by atoms with E-state index in [0.29, 0.717) is 0 Å². The van der Waals surface area contributed by atoms with E-state index < -0.39 is 0 Å². The molecule has 0 saturated heterocycles. The Morgan fingerprint density at radius 3 is 3.20 bits per heavy atom. The van der Waals surface area contributed by atoms with Crippen molar-refractivity contribution in [2.75, 3.05) is 0 Å². The first kappa shape index (κ1) is 2.99. The first-order valence-electron chi connectivity index (χ1n) is 1.08. The quantitative estimate of drug-likeness (QED) is 0.429. The Kier molecular flexibility index (Phi) is 0.764. The Bertz CT molecular complexity index is 47.6. The lowest BCUT2D eigenvalue weighted by Gasteiger charge is -1.77. The maximum Gasteiger partial charge on any atom is 0.210 e. The molecule has 3 nitrogen and oxygen atoms in total. The van der Waals surface area contributed by atoms with E-state index in [1.807, 2.05) is 0 Å². The van der Waals surface area contributed by atoms with Crippen LogP contribution in [0.15, 0.2) is 4.40 Å². The highest BCUT2D eigenvalue weighted by Gasteiger charge is 1.84. The predicted octanol–water partition coefficient (Wildman–Crippen LogP) is 0.113. The van der Waals surface area contributed by atoms with Gasteiger partial charge in [-0.05, 0) is 0 Å². The lowest BCUT2D eigenvalue weighted by molar-refractivity contribution is 0.296. The van der Waals surface area contributed by atoms with E-state index >= 15 is 0 Å². The first-order valence-corrected chi connectivity index (χ1v) is 1.86. The van der Waals surface area contributed by atoms with Gasteiger partial charge < -0.3 is 4.84 Å². The van der Waals surface area contributed by atoms with E-state index in [2.05, 4.69) is 14.1 Å². The van der Waals surface area contributed by atoms with E-state index in [0.717, 1.165) is 0 Å². The highest BCUT2D eigenvalue weighted by atomic mass is 32.2. The second kappa shape index (κ2) is 1.28. The van der Waals surface area contributed by atoms with Gasteiger partial charge in [-0.2, -0.15) is 4.40 Å². The zero-order chi connectivity index (χ0) is 3.54. The Balaban J connectivity index is 2.32. The highest BCUT2D eigenvalue weighted by Crippen LogP contribution is 1.96. The molecule has 0 aromatic heterocycles. The van der Waals surface area contributed by atoms with Gasteiger partial charge in [-0.25, -0.2) is 0 Å².